The molecule has 0 N–H and O–H groups in total. The molecule has 0 aliphatic rings. The van der Waals surface area contributed by atoms with Gasteiger partial charge in [0.1, 0.15) is 0 Å². The molecule has 6 heavy (non-hydrogen) atoms. The maximum atomic E-state index is 3.38. The van der Waals surface area contributed by atoms with Gasteiger partial charge in [-0.25, -0.2) is 4.99 Å². The Morgan fingerprint density at radius 1 is 1.50 bits per heavy atom. The lowest BCUT2D eigenvalue weighted by molar-refractivity contribution is 1.49. The van der Waals surface area contributed by atoms with Gasteiger partial charge >= 0.3 is 0 Å². The van der Waals surface area contributed by atoms with Crippen LogP contribution in [0, 0.1) is 0 Å². The fourth-order valence-corrected chi connectivity index (χ4v) is 0. The van der Waals surface area contributed by atoms with Crippen molar-refractivity contribution in [1.82, 2.24) is 0 Å². The van der Waals surface area contributed by atoms with Crippen LogP contribution in [0.1, 0.15) is 0 Å². The van der Waals surface area contributed by atoms with Crippen LogP contribution in [0.4, 0.5) is 0 Å². The number of hydrogen-bond donors (Lipinski definition) is 0. The van der Waals surface area contributed by atoms with Crippen LogP contribution in [0.15, 0.2) is 11.6 Å². The zero-order valence-electron chi connectivity index (χ0n) is 3.47. The summed E-state index contributed by atoms with van der Waals surface area (Å²) >= 11 is 0. The third-order valence-electron chi connectivity index (χ3n) is 0.158. The maximum absolute atomic E-state index is 3.38. The molecule has 0 saturated heterocycles. The Hall–Kier alpha value is 0.0300. The van der Waals surface area contributed by atoms with Gasteiger partial charge < -0.3 is 0 Å². The predicted molar refractivity (Wildman–Crippen MR) is 33.5 cm³/mol. The summed E-state index contributed by atoms with van der Waals surface area (Å²) in [4.78, 5) is 3.38. The monoisotopic (exact) mass is 127 g/mol. The molecular formula is C3H7Cl2N. The van der Waals surface area contributed by atoms with E-state index in [0.29, 0.717) is 0 Å². The van der Waals surface area contributed by atoms with Crippen LogP contribution in [0.25, 0.3) is 0 Å². The summed E-state index contributed by atoms with van der Waals surface area (Å²) in [5.74, 6) is 2.31. The highest BCUT2D eigenvalue weighted by atomic mass is 35.5. The summed E-state index contributed by atoms with van der Waals surface area (Å²) in [6, 6.07) is 0. The summed E-state index contributed by atoms with van der Waals surface area (Å²) in [6.45, 7) is 3.19. The number of halogens is 2. The van der Waals surface area contributed by atoms with E-state index < -0.39 is 0 Å². The van der Waals surface area contributed by atoms with Gasteiger partial charge in [0.2, 0.25) is 0 Å². The summed E-state index contributed by atoms with van der Waals surface area (Å²) in [7, 11) is 1.63. The van der Waals surface area contributed by atoms with Crippen LogP contribution in [0.2, 0.25) is 0 Å². The minimum atomic E-state index is 0. The topological polar surface area (TPSA) is 12.4 Å². The molecule has 0 aliphatic heterocycles. The first-order valence-corrected chi connectivity index (χ1v) is 1.02. The first-order chi connectivity index (χ1) is 1.91. The first-order valence-electron chi connectivity index (χ1n) is 1.02. The van der Waals surface area contributed by atoms with Crippen molar-refractivity contribution in [3.63, 3.8) is 0 Å². The quantitative estimate of drug-likeness (QED) is 0.436. The Labute approximate surface area is 50.0 Å². The van der Waals surface area contributed by atoms with Crippen LogP contribution >= 0.6 is 24.8 Å². The largest absolute Gasteiger partial charge is 0.247 e. The van der Waals surface area contributed by atoms with Crippen molar-refractivity contribution in [2.24, 2.45) is 4.99 Å². The van der Waals surface area contributed by atoms with Gasteiger partial charge in [-0.15, -0.1) is 24.8 Å². The van der Waals surface area contributed by atoms with Crippen molar-refractivity contribution in [2.75, 3.05) is 7.05 Å². The van der Waals surface area contributed by atoms with Crippen LogP contribution in [0.3, 0.4) is 0 Å². The van der Waals surface area contributed by atoms with Gasteiger partial charge in [0, 0.05) is 7.05 Å². The average molecular weight is 128 g/mol. The van der Waals surface area contributed by atoms with Crippen molar-refractivity contribution in [3.8, 4) is 0 Å². The normalized spacial score (nSPS) is 2.83. The van der Waals surface area contributed by atoms with Gasteiger partial charge in [-0.3, -0.25) is 0 Å². The number of aliphatic imine (C=N–C) groups is 1. The molecule has 0 radical (unpaired) electrons. The van der Waals surface area contributed by atoms with Gasteiger partial charge in [0.25, 0.3) is 0 Å². The summed E-state index contributed by atoms with van der Waals surface area (Å²) in [5.41, 5.74) is 0. The highest BCUT2D eigenvalue weighted by Crippen LogP contribution is 1.29. The van der Waals surface area contributed by atoms with Gasteiger partial charge in [0.15, 0.2) is 0 Å². The minimum absolute atomic E-state index is 0. The molecule has 0 spiro atoms. The molecule has 0 aliphatic carbocycles. The minimum Gasteiger partial charge on any atom is -0.247 e. The van der Waals surface area contributed by atoms with E-state index in [4.69, 9.17) is 0 Å². The standard InChI is InChI=1S/C3H5N.2ClH/c1-3-4-2;;/h1H2,2H3;2*1H. The van der Waals surface area contributed by atoms with E-state index in [2.05, 4.69) is 17.4 Å². The molecule has 0 atom stereocenters. The second-order valence-corrected chi connectivity index (χ2v) is 0.382. The molecule has 0 aromatic carbocycles. The molecule has 0 aromatic rings. The highest BCUT2D eigenvalue weighted by Gasteiger charge is 1.21. The van der Waals surface area contributed by atoms with E-state index in [1.165, 1.54) is 0 Å². The lowest BCUT2D eigenvalue weighted by atomic mass is 11.1. The Morgan fingerprint density at radius 3 is 1.67 bits per heavy atom. The van der Waals surface area contributed by atoms with E-state index >= 15 is 0 Å². The van der Waals surface area contributed by atoms with Crippen LogP contribution < -0.4 is 0 Å². The number of rotatable bonds is 0. The Kier molecular flexibility index (Phi) is 54.9. The van der Waals surface area contributed by atoms with Crippen molar-refractivity contribution in [3.05, 3.63) is 6.58 Å². The zero-order chi connectivity index (χ0) is 3.41. The van der Waals surface area contributed by atoms with Gasteiger partial charge in [0.05, 0.1) is 0 Å². The van der Waals surface area contributed by atoms with E-state index in [9.17, 15) is 0 Å². The second-order valence-electron chi connectivity index (χ2n) is 0.382. The fraction of sp³-hybridized carbons (Fsp3) is 0.333. The molecule has 0 rings (SSSR count). The summed E-state index contributed by atoms with van der Waals surface area (Å²) in [5, 5.41) is 0. The molecule has 0 bridgehead atoms. The smallest absolute Gasteiger partial charge is 0.0371 e. The van der Waals surface area contributed by atoms with E-state index in [1.54, 1.807) is 7.05 Å². The molecule has 3 heteroatoms. The van der Waals surface area contributed by atoms with Crippen molar-refractivity contribution in [1.29, 1.82) is 0 Å². The predicted octanol–water partition coefficient (Wildman–Crippen LogP) is 1.32. The lowest BCUT2D eigenvalue weighted by Gasteiger charge is -1.42. The zero-order valence-corrected chi connectivity index (χ0v) is 5.10. The van der Waals surface area contributed by atoms with Crippen molar-refractivity contribution >= 4 is 30.7 Å². The molecular weight excluding hydrogens is 121 g/mol. The molecule has 0 amide bonds. The van der Waals surface area contributed by atoms with Crippen LogP contribution in [-0.2, 0) is 0 Å². The molecule has 0 unspecified atom stereocenters. The molecule has 0 heterocycles. The van der Waals surface area contributed by atoms with E-state index in [0.717, 1.165) is 0 Å². The van der Waals surface area contributed by atoms with Gasteiger partial charge in [-0.1, -0.05) is 0 Å². The average Bonchev–Trinajstić information content (AvgIpc) is 1.37. The third-order valence-corrected chi connectivity index (χ3v) is 0.158. The fourth-order valence-electron chi connectivity index (χ4n) is 0. The Balaban J connectivity index is -0.0000000450. The molecule has 0 aromatic heterocycles. The molecule has 1 nitrogen and oxygen atoms in total. The number of nitrogens with zero attached hydrogens (tertiary/aromatic N) is 1. The summed E-state index contributed by atoms with van der Waals surface area (Å²) in [6.07, 6.45) is 0. The second kappa shape index (κ2) is 19.8. The van der Waals surface area contributed by atoms with Crippen molar-refractivity contribution in [2.45, 2.75) is 0 Å². The Bertz CT molecular complexity index is 46.8. The third kappa shape index (κ3) is 34.9. The highest BCUT2D eigenvalue weighted by molar-refractivity contribution is 5.85. The van der Waals surface area contributed by atoms with E-state index in [1.807, 2.05) is 0 Å². The lowest BCUT2D eigenvalue weighted by Crippen LogP contribution is -1.35. The molecule has 38 valence electrons. The first kappa shape index (κ1) is 16.6. The molecule has 0 saturated carbocycles. The van der Waals surface area contributed by atoms with E-state index in [-0.39, 0.29) is 24.8 Å². The van der Waals surface area contributed by atoms with Crippen LogP contribution in [0.5, 0.6) is 0 Å². The SMILES string of the molecule is C=C=NC.Cl.Cl. The maximum Gasteiger partial charge on any atom is 0.0371 e. The summed E-state index contributed by atoms with van der Waals surface area (Å²) < 4.78 is 0. The van der Waals surface area contributed by atoms with Crippen molar-refractivity contribution < 1.29 is 0 Å². The van der Waals surface area contributed by atoms with Crippen LogP contribution in [-0.4, -0.2) is 12.9 Å². The Morgan fingerprint density at radius 2 is 1.67 bits per heavy atom. The number of hydrogen-bond acceptors (Lipinski definition) is 1. The van der Waals surface area contributed by atoms with Gasteiger partial charge in [-0.2, -0.15) is 0 Å². The molecule has 0 fully saturated rings. The van der Waals surface area contributed by atoms with Gasteiger partial charge in [-0.05, 0) is 12.4 Å².